The molecule has 12 heteroatoms. The van der Waals surface area contributed by atoms with Gasteiger partial charge in [-0.15, -0.1) is 0 Å². The second-order valence-electron chi connectivity index (χ2n) is 33.6. The molecule has 0 spiro atoms. The Morgan fingerprint density at radius 1 is 0.449 bits per heavy atom. The molecule has 5 rings (SSSR count). The predicted octanol–water partition coefficient (Wildman–Crippen LogP) is 28.1. The molecular formula is C95H140N4O6P2. The van der Waals surface area contributed by atoms with E-state index in [9.17, 15) is 23.5 Å². The molecule has 0 fully saturated rings. The summed E-state index contributed by atoms with van der Waals surface area (Å²) in [6.07, 6.45) is 78.8. The van der Waals surface area contributed by atoms with Crippen LogP contribution in [0.4, 0.5) is 0 Å². The first kappa shape index (κ1) is 102. The molecule has 0 aromatic rings. The van der Waals surface area contributed by atoms with Crippen LogP contribution >= 0.6 is 14.5 Å². The van der Waals surface area contributed by atoms with Gasteiger partial charge in [-0.05, 0) is 248 Å². The highest BCUT2D eigenvalue weighted by Crippen LogP contribution is 2.44. The van der Waals surface area contributed by atoms with Crippen LogP contribution in [0.5, 0.6) is 0 Å². The van der Waals surface area contributed by atoms with Crippen molar-refractivity contribution >= 4 is 33.4 Å². The fraction of sp³-hybridized carbons (Fsp3) is 0.526. The molecule has 0 radical (unpaired) electrons. The van der Waals surface area contributed by atoms with Gasteiger partial charge in [-0.25, -0.2) is 4.85 Å². The van der Waals surface area contributed by atoms with Crippen LogP contribution in [-0.2, 0) is 28.0 Å². The van der Waals surface area contributed by atoms with Gasteiger partial charge in [0, 0.05) is 37.2 Å². The van der Waals surface area contributed by atoms with Crippen LogP contribution in [0.2, 0.25) is 0 Å². The third-order valence-electron chi connectivity index (χ3n) is 17.5. The Morgan fingerprint density at radius 2 is 0.785 bits per heavy atom. The Kier molecular flexibility index (Phi) is 52.9. The molecule has 1 unspecified atom stereocenters. The van der Waals surface area contributed by atoms with Crippen molar-refractivity contribution in [2.75, 3.05) is 38.9 Å². The summed E-state index contributed by atoms with van der Waals surface area (Å²) < 4.78 is 28.2. The van der Waals surface area contributed by atoms with Crippen molar-refractivity contribution in [1.82, 2.24) is 0 Å². The SMILES string of the molecule is CC(/C=C/C=C(/C=C/C1=CCCCC1)C(C)(C)C)=C\C#N.CC(/C=C/C=C(/C=C/C1=CCCCC1)C(C)(C)C)=C\C=O.CC(C)(C)C(/C=C/C1=CCCCC1)=C/C#N.CC(C)(C)C(/C=C/C1=CCCCC1)=C/C=O.CCOP(C)(=O)C/C(C)=C/C#N.O=CC1=CCCCC1.[C-]#[N+]/C=C(\CP(C)(C)=O)C(C)(C)C. The monoisotopic (exact) mass is 1500 g/mol. The minimum absolute atomic E-state index is 0.0344. The van der Waals surface area contributed by atoms with E-state index in [0.717, 1.165) is 70.7 Å². The molecule has 5 aliphatic carbocycles. The van der Waals surface area contributed by atoms with Crippen molar-refractivity contribution in [2.24, 2.45) is 27.1 Å². The fourth-order valence-corrected chi connectivity index (χ4v) is 14.0. The van der Waals surface area contributed by atoms with Gasteiger partial charge in [0.2, 0.25) is 7.37 Å². The molecule has 586 valence electrons. The summed E-state index contributed by atoms with van der Waals surface area (Å²) in [6, 6.07) is 6.07. The first-order valence-corrected chi connectivity index (χ1v) is 43.8. The second-order valence-corrected chi connectivity index (χ2v) is 39.6. The Bertz CT molecular complexity index is 3670. The molecule has 5 aliphatic rings. The molecule has 10 nitrogen and oxygen atoms in total. The molecule has 0 amide bonds. The molecule has 0 aromatic heterocycles. The molecule has 0 N–H and O–H groups in total. The van der Waals surface area contributed by atoms with Gasteiger partial charge in [0.05, 0.1) is 38.5 Å². The zero-order chi connectivity index (χ0) is 81.6. The molecule has 0 saturated heterocycles. The van der Waals surface area contributed by atoms with E-state index in [1.807, 2.05) is 77.1 Å². The van der Waals surface area contributed by atoms with Crippen molar-refractivity contribution < 1.29 is 28.0 Å². The largest absolute Gasteiger partial charge is 0.329 e. The first-order chi connectivity index (χ1) is 50.0. The highest BCUT2D eigenvalue weighted by atomic mass is 31.2. The van der Waals surface area contributed by atoms with Gasteiger partial charge in [0.1, 0.15) is 18.9 Å². The van der Waals surface area contributed by atoms with E-state index >= 15 is 0 Å². The minimum atomic E-state index is -2.50. The summed E-state index contributed by atoms with van der Waals surface area (Å²) in [5.41, 5.74) is 15.5. The smallest absolute Gasteiger partial charge is 0.204 e. The van der Waals surface area contributed by atoms with Crippen LogP contribution in [-0.4, -0.2) is 57.8 Å². The number of hydrogen-bond donors (Lipinski definition) is 0. The van der Waals surface area contributed by atoms with Crippen molar-refractivity contribution in [2.45, 2.75) is 260 Å². The third kappa shape index (κ3) is 55.5. The number of nitriles is 3. The summed E-state index contributed by atoms with van der Waals surface area (Å²) in [5, 5.41) is 25.7. The lowest BCUT2D eigenvalue weighted by Gasteiger charge is -2.24. The Balaban J connectivity index is 0. The number of aldehydes is 3. The number of allylic oxidation sites excluding steroid dienone is 37. The van der Waals surface area contributed by atoms with Gasteiger partial charge >= 0.3 is 0 Å². The molecular weight excluding hydrogens is 1360 g/mol. The topological polar surface area (TPSA) is 170 Å². The summed E-state index contributed by atoms with van der Waals surface area (Å²) in [4.78, 5) is 34.3. The van der Waals surface area contributed by atoms with Gasteiger partial charge in [-0.3, -0.25) is 18.9 Å². The van der Waals surface area contributed by atoms with Crippen molar-refractivity contribution in [1.29, 1.82) is 15.8 Å². The molecule has 0 heterocycles. The summed E-state index contributed by atoms with van der Waals surface area (Å²) in [6.45, 7) is 52.0. The average Bonchev–Trinajstić information content (AvgIpc) is 0.902. The van der Waals surface area contributed by atoms with E-state index in [1.165, 1.54) is 161 Å². The van der Waals surface area contributed by atoms with Crippen molar-refractivity contribution in [3.05, 3.63) is 236 Å². The lowest BCUT2D eigenvalue weighted by molar-refractivity contribution is -0.105. The maximum Gasteiger partial charge on any atom is 0.204 e. The predicted molar refractivity (Wildman–Crippen MR) is 463 cm³/mol. The zero-order valence-corrected chi connectivity index (χ0v) is 72.4. The summed E-state index contributed by atoms with van der Waals surface area (Å²) in [5.74, 6) is 0. The average molecular weight is 1500 g/mol. The minimum Gasteiger partial charge on any atom is -0.329 e. The standard InChI is InChI=1S/C20H27N.C20H28O.C15H21N.C15H22O.C10H18NOP.C8H14NO2P.C7H10O/c2*1-17(15-16-21)9-8-12-19(20(2,3)4)14-13-18-10-6-5-7-11-18;2*1-15(2,3)14(11-12-16)10-9-13-7-5-4-6-8-13;1-10(2,3)9(7-11-4)8-13(5,6)12;1-4-11-12(3,10)7-8(2)5-6-9;8-6-7-4-2-1-3-5-7/h8-10,12-15H,5-7,11H2,1-4H3;8-10,12-16H,5-7,11H2,1-4H3;7,9-11H,4-6,8H2,1-3H3;7,9-12H,4-6,8H2,1-3H3;7H,8H2,1-3,5-6H3;5H,4,7H2,1-3H3;4,6H,1-3,5H2/b2*9-8+,14-13+,17-15+,19-12-;2*10-9+,14-11+;9-7+;8-5+;. The van der Waals surface area contributed by atoms with Gasteiger partial charge < -0.3 is 9.09 Å². The van der Waals surface area contributed by atoms with E-state index in [2.05, 4.69) is 179 Å². The fourth-order valence-electron chi connectivity index (χ4n) is 10.9. The molecule has 0 bridgehead atoms. The number of carbonyl (C=O) groups excluding carboxylic acids is 3. The van der Waals surface area contributed by atoms with Crippen LogP contribution in [0.15, 0.2) is 224 Å². The number of carbonyl (C=O) groups is 3. The highest BCUT2D eigenvalue weighted by molar-refractivity contribution is 7.62. The van der Waals surface area contributed by atoms with Crippen LogP contribution < -0.4 is 0 Å². The Hall–Kier alpha value is -7.55. The first-order valence-electron chi connectivity index (χ1n) is 38.8. The lowest BCUT2D eigenvalue weighted by Crippen LogP contribution is -2.12. The molecule has 0 saturated carbocycles. The Morgan fingerprint density at radius 3 is 1.06 bits per heavy atom. The Labute approximate surface area is 653 Å². The van der Waals surface area contributed by atoms with Gasteiger partial charge in [-0.2, -0.15) is 15.8 Å². The maximum absolute atomic E-state index is 11.6. The molecule has 0 aliphatic heterocycles. The number of rotatable bonds is 21. The molecule has 1 atom stereocenters. The van der Waals surface area contributed by atoms with Crippen molar-refractivity contribution in [3.63, 3.8) is 0 Å². The highest BCUT2D eigenvalue weighted by Gasteiger charge is 2.22. The molecule has 107 heavy (non-hydrogen) atoms. The van der Waals surface area contributed by atoms with Gasteiger partial charge in [0.25, 0.3) is 0 Å². The van der Waals surface area contributed by atoms with E-state index in [0.29, 0.717) is 18.9 Å². The zero-order valence-electron chi connectivity index (χ0n) is 70.6. The van der Waals surface area contributed by atoms with Crippen LogP contribution in [0, 0.1) is 67.6 Å². The molecule has 0 aromatic carbocycles. The third-order valence-corrected chi connectivity index (χ3v) is 20.5. The summed E-state index contributed by atoms with van der Waals surface area (Å²) >= 11 is 0. The lowest BCUT2D eigenvalue weighted by atomic mass is 9.85. The quantitative estimate of drug-likeness (QED) is 0.0271. The van der Waals surface area contributed by atoms with Crippen molar-refractivity contribution in [3.8, 4) is 18.2 Å². The van der Waals surface area contributed by atoms with E-state index in [4.69, 9.17) is 26.9 Å². The second kappa shape index (κ2) is 55.8. The van der Waals surface area contributed by atoms with Crippen LogP contribution in [0.3, 0.4) is 0 Å². The maximum atomic E-state index is 11.6. The number of nitrogens with zero attached hydrogens (tertiary/aromatic N) is 4. The van der Waals surface area contributed by atoms with E-state index in [1.54, 1.807) is 58.1 Å². The van der Waals surface area contributed by atoms with E-state index in [-0.39, 0.29) is 27.1 Å². The van der Waals surface area contributed by atoms with Gasteiger partial charge in [-0.1, -0.05) is 253 Å². The number of hydrogen-bond acceptors (Lipinski definition) is 9. The van der Waals surface area contributed by atoms with E-state index < -0.39 is 14.5 Å². The summed E-state index contributed by atoms with van der Waals surface area (Å²) in [7, 11) is -4.56. The van der Waals surface area contributed by atoms with Crippen LogP contribution in [0.1, 0.15) is 260 Å². The normalized spacial score (nSPS) is 17.8. The van der Waals surface area contributed by atoms with Gasteiger partial charge in [0.15, 0.2) is 6.20 Å². The van der Waals surface area contributed by atoms with Crippen LogP contribution in [0.25, 0.3) is 4.85 Å².